The Labute approximate surface area is 208 Å². The summed E-state index contributed by atoms with van der Waals surface area (Å²) in [7, 11) is 0. The molecule has 3 aromatic rings. The summed E-state index contributed by atoms with van der Waals surface area (Å²) in [5.41, 5.74) is 6.81. The number of thiophene rings is 1. The van der Waals surface area contributed by atoms with Gasteiger partial charge < -0.3 is 25.5 Å². The van der Waals surface area contributed by atoms with Gasteiger partial charge in [0.25, 0.3) is 0 Å². The zero-order chi connectivity index (χ0) is 23.8. The van der Waals surface area contributed by atoms with Crippen molar-refractivity contribution in [1.29, 1.82) is 0 Å². The fourth-order valence-electron chi connectivity index (χ4n) is 5.91. The van der Waals surface area contributed by atoms with Gasteiger partial charge in [0.05, 0.1) is 24.7 Å². The van der Waals surface area contributed by atoms with Crippen LogP contribution in [-0.2, 0) is 16.0 Å². The van der Waals surface area contributed by atoms with Gasteiger partial charge in [-0.05, 0) is 50.0 Å². The summed E-state index contributed by atoms with van der Waals surface area (Å²) < 4.78 is 12.3. The molecule has 1 saturated heterocycles. The van der Waals surface area contributed by atoms with Gasteiger partial charge >= 0.3 is 0 Å². The molecule has 1 aliphatic heterocycles. The number of fused-ring (bicyclic) bond motifs is 3. The van der Waals surface area contributed by atoms with Gasteiger partial charge in [0.2, 0.25) is 11.9 Å². The lowest BCUT2D eigenvalue weighted by molar-refractivity contribution is -0.118. The number of carbonyl (C=O) groups excluding carboxylic acids is 1. The Kier molecular flexibility index (Phi) is 6.34. The molecule has 0 spiro atoms. The van der Waals surface area contributed by atoms with E-state index in [0.717, 1.165) is 80.8 Å². The summed E-state index contributed by atoms with van der Waals surface area (Å²) in [5.74, 6) is 2.09. The molecule has 4 N–H and O–H groups in total. The van der Waals surface area contributed by atoms with Crippen LogP contribution >= 0.6 is 11.3 Å². The van der Waals surface area contributed by atoms with Crippen molar-refractivity contribution in [1.82, 2.24) is 19.9 Å². The van der Waals surface area contributed by atoms with Gasteiger partial charge in [-0.2, -0.15) is 0 Å². The molecule has 4 heterocycles. The van der Waals surface area contributed by atoms with E-state index in [-0.39, 0.29) is 17.9 Å². The normalized spacial score (nSPS) is 25.0. The van der Waals surface area contributed by atoms with Crippen molar-refractivity contribution >= 4 is 39.2 Å². The van der Waals surface area contributed by atoms with E-state index in [4.69, 9.17) is 20.2 Å². The molecule has 3 aromatic heterocycles. The number of hydrogen-bond acceptors (Lipinski definition) is 8. The minimum absolute atomic E-state index is 0.140. The maximum atomic E-state index is 11.8. The molecule has 0 unspecified atom stereocenters. The fourth-order valence-corrected chi connectivity index (χ4v) is 7.20. The first-order chi connectivity index (χ1) is 17.1. The summed E-state index contributed by atoms with van der Waals surface area (Å²) in [6, 6.07) is 2.61. The van der Waals surface area contributed by atoms with Gasteiger partial charge in [-0.1, -0.05) is 0 Å². The van der Waals surface area contributed by atoms with Crippen molar-refractivity contribution in [2.75, 3.05) is 31.6 Å². The molecular weight excluding hydrogens is 464 g/mol. The highest BCUT2D eigenvalue weighted by Gasteiger charge is 2.33. The Hall–Kier alpha value is -2.69. The van der Waals surface area contributed by atoms with Crippen LogP contribution in [0.5, 0.6) is 5.75 Å². The summed E-state index contributed by atoms with van der Waals surface area (Å²) in [6.45, 7) is 3.75. The van der Waals surface area contributed by atoms with E-state index >= 15 is 0 Å². The minimum Gasteiger partial charge on any atom is -0.490 e. The van der Waals surface area contributed by atoms with Crippen molar-refractivity contribution < 1.29 is 14.3 Å². The molecule has 186 valence electrons. The number of nitrogens with zero attached hydrogens (tertiary/aromatic N) is 3. The Morgan fingerprint density at radius 1 is 1.26 bits per heavy atom. The van der Waals surface area contributed by atoms with Gasteiger partial charge in [0.15, 0.2) is 0 Å². The van der Waals surface area contributed by atoms with Gasteiger partial charge in [0.1, 0.15) is 16.4 Å². The molecule has 2 fully saturated rings. The molecule has 0 radical (unpaired) electrons. The summed E-state index contributed by atoms with van der Waals surface area (Å²) >= 11 is 1.71. The molecule has 9 nitrogen and oxygen atoms in total. The third-order valence-corrected chi connectivity index (χ3v) is 8.72. The van der Waals surface area contributed by atoms with Crippen molar-refractivity contribution in [2.24, 2.45) is 5.73 Å². The number of nitrogens with two attached hydrogens (primary N) is 1. The number of aryl methyl sites for hydroxylation is 1. The Morgan fingerprint density at radius 2 is 2.09 bits per heavy atom. The highest BCUT2D eigenvalue weighted by molar-refractivity contribution is 7.19. The molecule has 10 heteroatoms. The smallest absolute Gasteiger partial charge is 0.218 e. The van der Waals surface area contributed by atoms with Crippen LogP contribution in [0.1, 0.15) is 54.9 Å². The number of carbonyl (C=O) groups is 1. The van der Waals surface area contributed by atoms with Crippen LogP contribution < -0.4 is 15.8 Å². The average Bonchev–Trinajstić information content (AvgIpc) is 3.58. The largest absolute Gasteiger partial charge is 0.490 e. The summed E-state index contributed by atoms with van der Waals surface area (Å²) in [6.07, 6.45) is 10.3. The molecule has 3 aliphatic rings. The molecule has 2 aliphatic carbocycles. The number of primary amides is 1. The molecule has 35 heavy (non-hydrogen) atoms. The van der Waals surface area contributed by atoms with Crippen LogP contribution in [0.3, 0.4) is 0 Å². The third-order valence-electron chi connectivity index (χ3n) is 7.56. The number of aromatic amines is 1. The van der Waals surface area contributed by atoms with Gasteiger partial charge in [-0.3, -0.25) is 9.69 Å². The topological polar surface area (TPSA) is 118 Å². The van der Waals surface area contributed by atoms with Gasteiger partial charge in [-0.15, -0.1) is 11.3 Å². The van der Waals surface area contributed by atoms with E-state index in [2.05, 4.69) is 20.2 Å². The number of amides is 1. The number of H-pyrrole nitrogens is 1. The highest BCUT2D eigenvalue weighted by Crippen LogP contribution is 2.49. The molecular formula is C25H32N6O3S. The number of hydrogen-bond donors (Lipinski definition) is 3. The first kappa shape index (κ1) is 22.8. The highest BCUT2D eigenvalue weighted by atomic mass is 32.1. The lowest BCUT2D eigenvalue weighted by Gasteiger charge is -2.38. The van der Waals surface area contributed by atoms with Gasteiger partial charge in [-0.25, -0.2) is 9.97 Å². The number of imidazole rings is 1. The number of pyridine rings is 1. The van der Waals surface area contributed by atoms with E-state index in [0.29, 0.717) is 24.2 Å². The fraction of sp³-hybridized carbons (Fsp3) is 0.560. The standard InChI is InChI=1S/C25H32N6O3S/c26-20(32)13-15-1-6-19-22(15)23-18(14-21(29-24(23)35-19)30-25-27-7-8-28-25)34-17-4-2-16(3-5-17)31-9-11-33-12-10-31/h7-8,14-17H,1-6,9-13H2,(H2,26,32)(H2,27,28,29,30)/t15-,16?,17?/m1/s1. The number of ether oxygens (including phenoxy) is 2. The predicted molar refractivity (Wildman–Crippen MR) is 135 cm³/mol. The van der Waals surface area contributed by atoms with Crippen LogP contribution in [-0.4, -0.2) is 64.2 Å². The first-order valence-electron chi connectivity index (χ1n) is 12.6. The van der Waals surface area contributed by atoms with Crippen molar-refractivity contribution in [3.8, 4) is 5.75 Å². The second kappa shape index (κ2) is 9.75. The molecule has 1 atom stereocenters. The van der Waals surface area contributed by atoms with E-state index in [1.807, 2.05) is 6.07 Å². The number of anilines is 2. The first-order valence-corrected chi connectivity index (χ1v) is 13.4. The third kappa shape index (κ3) is 4.74. The zero-order valence-electron chi connectivity index (χ0n) is 19.8. The lowest BCUT2D eigenvalue weighted by Crippen LogP contribution is -2.46. The molecule has 0 aromatic carbocycles. The maximum absolute atomic E-state index is 11.8. The number of nitrogens with one attached hydrogen (secondary N) is 2. The van der Waals surface area contributed by atoms with Crippen LogP contribution in [0, 0.1) is 0 Å². The Morgan fingerprint density at radius 3 is 2.83 bits per heavy atom. The minimum atomic E-state index is -0.254. The zero-order valence-corrected chi connectivity index (χ0v) is 20.6. The second-order valence-electron chi connectivity index (χ2n) is 9.79. The summed E-state index contributed by atoms with van der Waals surface area (Å²) in [5, 5.41) is 4.33. The summed E-state index contributed by atoms with van der Waals surface area (Å²) in [4.78, 5) is 28.8. The Balaban J connectivity index is 1.28. The van der Waals surface area contributed by atoms with Crippen LogP contribution in [0.4, 0.5) is 11.8 Å². The van der Waals surface area contributed by atoms with Crippen molar-refractivity contribution in [3.05, 3.63) is 28.9 Å². The molecule has 6 rings (SSSR count). The van der Waals surface area contributed by atoms with E-state index in [1.165, 1.54) is 10.4 Å². The Bertz CT molecular complexity index is 1180. The predicted octanol–water partition coefficient (Wildman–Crippen LogP) is 3.69. The molecule has 1 saturated carbocycles. The van der Waals surface area contributed by atoms with E-state index < -0.39 is 0 Å². The lowest BCUT2D eigenvalue weighted by atomic mass is 9.91. The number of rotatable bonds is 7. The molecule has 1 amide bonds. The van der Waals surface area contributed by atoms with Crippen molar-refractivity contribution in [3.63, 3.8) is 0 Å². The quantitative estimate of drug-likeness (QED) is 0.456. The van der Waals surface area contributed by atoms with E-state index in [1.54, 1.807) is 23.7 Å². The monoisotopic (exact) mass is 496 g/mol. The van der Waals surface area contributed by atoms with Crippen LogP contribution in [0.2, 0.25) is 0 Å². The number of aromatic nitrogens is 3. The van der Waals surface area contributed by atoms with E-state index in [9.17, 15) is 4.79 Å². The van der Waals surface area contributed by atoms with Gasteiger partial charge in [0, 0.05) is 48.9 Å². The SMILES string of the molecule is NC(=O)C[C@H]1CCc2sc3nc(Nc4ncc[nH]4)cc(OC4CCC(N5CCOCC5)CC4)c3c21. The van der Waals surface area contributed by atoms with Crippen LogP contribution in [0.25, 0.3) is 10.2 Å². The molecule has 0 bridgehead atoms. The van der Waals surface area contributed by atoms with Crippen LogP contribution in [0.15, 0.2) is 18.5 Å². The maximum Gasteiger partial charge on any atom is 0.218 e. The average molecular weight is 497 g/mol. The number of morpholine rings is 1. The van der Waals surface area contributed by atoms with Crippen molar-refractivity contribution in [2.45, 2.75) is 63.0 Å². The second-order valence-corrected chi connectivity index (χ2v) is 10.9.